The van der Waals surface area contributed by atoms with Gasteiger partial charge in [0.1, 0.15) is 0 Å². The van der Waals surface area contributed by atoms with Crippen LogP contribution >= 0.6 is 11.6 Å². The highest BCUT2D eigenvalue weighted by Crippen LogP contribution is 2.31. The van der Waals surface area contributed by atoms with Crippen LogP contribution in [0, 0.1) is 13.8 Å². The number of aryl methyl sites for hydroxylation is 1. The molecule has 1 heterocycles. The Morgan fingerprint density at radius 2 is 1.97 bits per heavy atom. The summed E-state index contributed by atoms with van der Waals surface area (Å²) in [4.78, 5) is 12.1. The van der Waals surface area contributed by atoms with Gasteiger partial charge in [0.25, 0.3) is 0 Å². The van der Waals surface area contributed by atoms with Gasteiger partial charge < -0.3 is 15.0 Å². The van der Waals surface area contributed by atoms with Gasteiger partial charge in [-0.25, -0.2) is 4.79 Å². The van der Waals surface area contributed by atoms with Crippen LogP contribution in [0.2, 0.25) is 5.02 Å². The van der Waals surface area contributed by atoms with Crippen LogP contribution in [0.4, 0.5) is 0 Å². The second-order valence-corrected chi connectivity index (χ2v) is 8.51. The van der Waals surface area contributed by atoms with Crippen molar-refractivity contribution in [2.45, 2.75) is 52.2 Å². The van der Waals surface area contributed by atoms with Crippen LogP contribution in [-0.4, -0.2) is 15.6 Å². The quantitative estimate of drug-likeness (QED) is 0.538. The molecule has 1 aliphatic carbocycles. The summed E-state index contributed by atoms with van der Waals surface area (Å²) in [6.07, 6.45) is 3.33. The molecule has 0 aliphatic heterocycles. The number of benzene rings is 2. The van der Waals surface area contributed by atoms with Gasteiger partial charge in [-0.3, -0.25) is 0 Å². The lowest BCUT2D eigenvalue weighted by Crippen LogP contribution is -2.25. The van der Waals surface area contributed by atoms with Crippen molar-refractivity contribution in [3.8, 4) is 0 Å². The first kappa shape index (κ1) is 20.7. The Labute approximate surface area is 182 Å². The standard InChI is InChI=1S/C25H27ClN2O2/c1-16-22(14-27-23-12-6-9-19-8-3-4-11-21(19)23)24(25(29)30)17(2)28(16)15-18-7-5-10-20(26)13-18/h3-5,7-8,10-11,13,23,27H,6,9,12,14-15H2,1-2H3,(H,29,30). The molecule has 0 fully saturated rings. The molecule has 0 saturated carbocycles. The van der Waals surface area contributed by atoms with E-state index in [0.717, 1.165) is 41.8 Å². The molecule has 0 spiro atoms. The van der Waals surface area contributed by atoms with E-state index in [9.17, 15) is 9.90 Å². The largest absolute Gasteiger partial charge is 0.478 e. The van der Waals surface area contributed by atoms with Crippen molar-refractivity contribution in [3.63, 3.8) is 0 Å². The normalized spacial score (nSPS) is 15.8. The molecule has 30 heavy (non-hydrogen) atoms. The van der Waals surface area contributed by atoms with Crippen molar-refractivity contribution in [3.05, 3.63) is 92.8 Å². The molecule has 156 valence electrons. The molecule has 2 aromatic carbocycles. The first-order chi connectivity index (χ1) is 14.5. The minimum Gasteiger partial charge on any atom is -0.478 e. The molecule has 4 rings (SSSR count). The van der Waals surface area contributed by atoms with E-state index in [1.54, 1.807) is 0 Å². The van der Waals surface area contributed by atoms with E-state index in [-0.39, 0.29) is 6.04 Å². The van der Waals surface area contributed by atoms with Gasteiger partial charge in [0.15, 0.2) is 0 Å². The predicted octanol–water partition coefficient (Wildman–Crippen LogP) is 5.67. The van der Waals surface area contributed by atoms with Crippen molar-refractivity contribution in [1.29, 1.82) is 0 Å². The van der Waals surface area contributed by atoms with Crippen LogP contribution in [0.25, 0.3) is 0 Å². The van der Waals surface area contributed by atoms with Crippen molar-refractivity contribution < 1.29 is 9.90 Å². The number of rotatable bonds is 6. The van der Waals surface area contributed by atoms with Crippen LogP contribution in [0.15, 0.2) is 48.5 Å². The molecule has 1 aromatic heterocycles. The summed E-state index contributed by atoms with van der Waals surface area (Å²) in [7, 11) is 0. The molecule has 0 bridgehead atoms. The first-order valence-electron chi connectivity index (χ1n) is 10.4. The topological polar surface area (TPSA) is 54.3 Å². The van der Waals surface area contributed by atoms with Gasteiger partial charge in [-0.05, 0) is 61.9 Å². The fourth-order valence-electron chi connectivity index (χ4n) is 4.70. The molecule has 0 radical (unpaired) electrons. The molecular weight excluding hydrogens is 396 g/mol. The zero-order chi connectivity index (χ0) is 21.3. The highest BCUT2D eigenvalue weighted by atomic mass is 35.5. The predicted molar refractivity (Wildman–Crippen MR) is 120 cm³/mol. The number of halogens is 1. The third kappa shape index (κ3) is 4.03. The number of aromatic carboxylic acids is 1. The van der Waals surface area contributed by atoms with Crippen molar-refractivity contribution >= 4 is 17.6 Å². The lowest BCUT2D eigenvalue weighted by Gasteiger charge is -2.26. The second kappa shape index (κ2) is 8.66. The van der Waals surface area contributed by atoms with Gasteiger partial charge in [0, 0.05) is 41.1 Å². The number of nitrogens with zero attached hydrogens (tertiary/aromatic N) is 1. The molecule has 4 nitrogen and oxygen atoms in total. The third-order valence-electron chi connectivity index (χ3n) is 6.25. The summed E-state index contributed by atoms with van der Waals surface area (Å²) in [6.45, 7) is 5.04. The molecule has 0 amide bonds. The number of carboxylic acid groups (broad SMARTS) is 1. The molecule has 0 saturated heterocycles. The monoisotopic (exact) mass is 422 g/mol. The first-order valence-corrected chi connectivity index (χ1v) is 10.8. The number of hydrogen-bond acceptors (Lipinski definition) is 2. The van der Waals surface area contributed by atoms with Crippen molar-refractivity contribution in [2.24, 2.45) is 0 Å². The number of fused-ring (bicyclic) bond motifs is 1. The Kier molecular flexibility index (Phi) is 5.98. The van der Waals surface area contributed by atoms with Crippen LogP contribution in [0.1, 0.15) is 62.9 Å². The summed E-state index contributed by atoms with van der Waals surface area (Å²) in [5.74, 6) is -0.874. The van der Waals surface area contributed by atoms with E-state index in [0.29, 0.717) is 23.7 Å². The van der Waals surface area contributed by atoms with Gasteiger partial charge in [0.05, 0.1) is 5.56 Å². The maximum absolute atomic E-state index is 12.1. The maximum Gasteiger partial charge on any atom is 0.337 e. The lowest BCUT2D eigenvalue weighted by atomic mass is 9.87. The van der Waals surface area contributed by atoms with Crippen LogP contribution in [-0.2, 0) is 19.5 Å². The van der Waals surface area contributed by atoms with Crippen molar-refractivity contribution in [1.82, 2.24) is 9.88 Å². The molecule has 5 heteroatoms. The molecular formula is C25H27ClN2O2. The number of carbonyl (C=O) groups is 1. The van der Waals surface area contributed by atoms with E-state index >= 15 is 0 Å². The van der Waals surface area contributed by atoms with Gasteiger partial charge >= 0.3 is 5.97 Å². The van der Waals surface area contributed by atoms with Crippen LogP contribution in [0.5, 0.6) is 0 Å². The molecule has 2 N–H and O–H groups in total. The molecule has 1 atom stereocenters. The average molecular weight is 423 g/mol. The van der Waals surface area contributed by atoms with Crippen LogP contribution in [0.3, 0.4) is 0 Å². The summed E-state index contributed by atoms with van der Waals surface area (Å²) >= 11 is 6.14. The SMILES string of the molecule is Cc1c(CNC2CCCc3ccccc32)c(C(=O)O)c(C)n1Cc1cccc(Cl)c1. The maximum atomic E-state index is 12.1. The number of aromatic nitrogens is 1. The highest BCUT2D eigenvalue weighted by molar-refractivity contribution is 6.30. The third-order valence-corrected chi connectivity index (χ3v) is 6.48. The zero-order valence-corrected chi connectivity index (χ0v) is 18.2. The summed E-state index contributed by atoms with van der Waals surface area (Å²) < 4.78 is 2.08. The molecule has 1 unspecified atom stereocenters. The highest BCUT2D eigenvalue weighted by Gasteiger charge is 2.25. The van der Waals surface area contributed by atoms with E-state index in [1.165, 1.54) is 11.1 Å². The second-order valence-electron chi connectivity index (χ2n) is 8.07. The Bertz CT molecular complexity index is 1090. The van der Waals surface area contributed by atoms with Gasteiger partial charge in [-0.15, -0.1) is 0 Å². The Morgan fingerprint density at radius 3 is 2.73 bits per heavy atom. The van der Waals surface area contributed by atoms with E-state index < -0.39 is 5.97 Å². The van der Waals surface area contributed by atoms with Gasteiger partial charge in [0.2, 0.25) is 0 Å². The summed E-state index contributed by atoms with van der Waals surface area (Å²) in [5.41, 5.74) is 6.83. The summed E-state index contributed by atoms with van der Waals surface area (Å²) in [5, 5.41) is 14.3. The Balaban J connectivity index is 1.63. The molecule has 1 aliphatic rings. The van der Waals surface area contributed by atoms with E-state index in [4.69, 9.17) is 11.6 Å². The minimum absolute atomic E-state index is 0.257. The molecule has 3 aromatic rings. The van der Waals surface area contributed by atoms with Crippen molar-refractivity contribution in [2.75, 3.05) is 0 Å². The Hall–Kier alpha value is -2.56. The number of nitrogens with one attached hydrogen (secondary N) is 1. The summed E-state index contributed by atoms with van der Waals surface area (Å²) in [6, 6.07) is 16.5. The Morgan fingerprint density at radius 1 is 1.17 bits per heavy atom. The number of hydrogen-bond donors (Lipinski definition) is 2. The minimum atomic E-state index is -0.874. The zero-order valence-electron chi connectivity index (χ0n) is 17.4. The van der Waals surface area contributed by atoms with Crippen LogP contribution < -0.4 is 5.32 Å². The fourth-order valence-corrected chi connectivity index (χ4v) is 4.91. The number of carboxylic acids is 1. The fraction of sp³-hybridized carbons (Fsp3) is 0.320. The van der Waals surface area contributed by atoms with Gasteiger partial charge in [-0.2, -0.15) is 0 Å². The van der Waals surface area contributed by atoms with Gasteiger partial charge in [-0.1, -0.05) is 48.0 Å². The van der Waals surface area contributed by atoms with E-state index in [1.807, 2.05) is 38.1 Å². The smallest absolute Gasteiger partial charge is 0.337 e. The van der Waals surface area contributed by atoms with E-state index in [2.05, 4.69) is 34.1 Å². The average Bonchev–Trinajstić information content (AvgIpc) is 2.96. The lowest BCUT2D eigenvalue weighted by molar-refractivity contribution is 0.0694.